The van der Waals surface area contributed by atoms with Gasteiger partial charge in [0, 0.05) is 0 Å². The molecule has 1 aromatic carbocycles. The third kappa shape index (κ3) is 2.91. The van der Waals surface area contributed by atoms with Gasteiger partial charge in [0.05, 0.1) is 11.6 Å². The summed E-state index contributed by atoms with van der Waals surface area (Å²) in [5, 5.41) is 3.14. The lowest BCUT2D eigenvalue weighted by Gasteiger charge is -2.43. The molecule has 98 valence electrons. The van der Waals surface area contributed by atoms with Crippen LogP contribution in [0.25, 0.3) is 0 Å². The Balaban J connectivity index is 1.99. The second kappa shape index (κ2) is 5.53. The van der Waals surface area contributed by atoms with Crippen molar-refractivity contribution in [3.8, 4) is 0 Å². The largest absolute Gasteiger partial charge is 0.369 e. The predicted molar refractivity (Wildman–Crippen MR) is 71.2 cm³/mol. The van der Waals surface area contributed by atoms with E-state index in [0.717, 1.165) is 12.8 Å². The van der Waals surface area contributed by atoms with Gasteiger partial charge in [0.2, 0.25) is 5.91 Å². The fraction of sp³-hybridized carbons (Fsp3) is 0.533. The molecule has 1 amide bonds. The van der Waals surface area contributed by atoms with Crippen molar-refractivity contribution in [3.63, 3.8) is 0 Å². The van der Waals surface area contributed by atoms with Crippen LogP contribution in [0.2, 0.25) is 0 Å². The van der Waals surface area contributed by atoms with E-state index >= 15 is 0 Å². The second-order valence-electron chi connectivity index (χ2n) is 5.21. The van der Waals surface area contributed by atoms with Gasteiger partial charge in [0.25, 0.3) is 0 Å². The molecule has 3 nitrogen and oxygen atoms in total. The Morgan fingerprint density at radius 3 is 2.50 bits per heavy atom. The maximum absolute atomic E-state index is 11.9. The molecule has 0 spiro atoms. The molecule has 0 bridgehead atoms. The molecular formula is C15H21NO2. The van der Waals surface area contributed by atoms with Crippen molar-refractivity contribution >= 4 is 5.91 Å². The number of carbonyl (C=O) groups excluding carboxylic acids is 1. The molecular weight excluding hydrogens is 226 g/mol. The van der Waals surface area contributed by atoms with Crippen LogP contribution in [0.3, 0.4) is 0 Å². The zero-order valence-electron chi connectivity index (χ0n) is 11.1. The molecule has 0 aromatic heterocycles. The van der Waals surface area contributed by atoms with E-state index in [0.29, 0.717) is 0 Å². The maximum Gasteiger partial charge on any atom is 0.246 e. The van der Waals surface area contributed by atoms with Gasteiger partial charge >= 0.3 is 0 Å². The molecule has 2 rings (SSSR count). The summed E-state index contributed by atoms with van der Waals surface area (Å²) in [4.78, 5) is 11.9. The summed E-state index contributed by atoms with van der Waals surface area (Å²) >= 11 is 0. The van der Waals surface area contributed by atoms with Crippen LogP contribution in [0.1, 0.15) is 38.7 Å². The van der Waals surface area contributed by atoms with E-state index in [4.69, 9.17) is 4.74 Å². The summed E-state index contributed by atoms with van der Waals surface area (Å²) in [6.45, 7) is 4.01. The van der Waals surface area contributed by atoms with E-state index in [1.165, 1.54) is 12.0 Å². The van der Waals surface area contributed by atoms with E-state index in [1.807, 2.05) is 32.0 Å². The van der Waals surface area contributed by atoms with Gasteiger partial charge < -0.3 is 10.1 Å². The first kappa shape index (κ1) is 13.1. The lowest BCUT2D eigenvalue weighted by molar-refractivity contribution is -0.130. The first-order valence-electron chi connectivity index (χ1n) is 6.60. The maximum atomic E-state index is 11.9. The summed E-state index contributed by atoms with van der Waals surface area (Å²) in [7, 11) is 0. The van der Waals surface area contributed by atoms with E-state index < -0.39 is 0 Å². The zero-order chi connectivity index (χ0) is 13.0. The third-order valence-corrected chi connectivity index (χ3v) is 3.46. The molecule has 0 atom stereocenters. The number of rotatable bonds is 5. The molecule has 1 aliphatic carbocycles. The van der Waals surface area contributed by atoms with Crippen LogP contribution in [0.5, 0.6) is 0 Å². The van der Waals surface area contributed by atoms with Gasteiger partial charge in [-0.25, -0.2) is 0 Å². The van der Waals surface area contributed by atoms with E-state index in [9.17, 15) is 4.79 Å². The summed E-state index contributed by atoms with van der Waals surface area (Å²) in [6, 6.07) is 10.2. The molecule has 1 N–H and O–H groups in total. The van der Waals surface area contributed by atoms with E-state index in [1.54, 1.807) is 0 Å². The van der Waals surface area contributed by atoms with Gasteiger partial charge in [0.1, 0.15) is 6.61 Å². The minimum absolute atomic E-state index is 0.0211. The van der Waals surface area contributed by atoms with Crippen LogP contribution in [0, 0.1) is 0 Å². The lowest BCUT2D eigenvalue weighted by Crippen LogP contribution is -2.51. The van der Waals surface area contributed by atoms with Gasteiger partial charge in [-0.15, -0.1) is 0 Å². The molecule has 1 saturated carbocycles. The predicted octanol–water partition coefficient (Wildman–Crippen LogP) is 2.61. The topological polar surface area (TPSA) is 38.3 Å². The average Bonchev–Trinajstić information content (AvgIpc) is 2.32. The summed E-state index contributed by atoms with van der Waals surface area (Å²) in [5.74, 6) is -0.0211. The Kier molecular flexibility index (Phi) is 4.02. The molecule has 0 unspecified atom stereocenters. The standard InChI is InChI=1S/C15H21NO2/c1-12(2)18-11-14(17)16-15(9-6-10-15)13-7-4-3-5-8-13/h3-5,7-8,12H,6,9-11H2,1-2H3,(H,16,17). The quantitative estimate of drug-likeness (QED) is 0.868. The summed E-state index contributed by atoms with van der Waals surface area (Å²) in [5.41, 5.74) is 1.05. The van der Waals surface area contributed by atoms with Crippen LogP contribution >= 0.6 is 0 Å². The number of benzene rings is 1. The third-order valence-electron chi connectivity index (χ3n) is 3.46. The fourth-order valence-electron chi connectivity index (χ4n) is 2.32. The van der Waals surface area contributed by atoms with Gasteiger partial charge in [-0.3, -0.25) is 4.79 Å². The molecule has 3 heteroatoms. The molecule has 0 aliphatic heterocycles. The molecule has 1 aromatic rings. The minimum Gasteiger partial charge on any atom is -0.369 e. The average molecular weight is 247 g/mol. The fourth-order valence-corrected chi connectivity index (χ4v) is 2.32. The van der Waals surface area contributed by atoms with Crippen molar-refractivity contribution in [1.82, 2.24) is 5.32 Å². The van der Waals surface area contributed by atoms with E-state index in [-0.39, 0.29) is 24.2 Å². The number of hydrogen-bond donors (Lipinski definition) is 1. The highest BCUT2D eigenvalue weighted by Crippen LogP contribution is 2.41. The number of nitrogens with one attached hydrogen (secondary N) is 1. The van der Waals surface area contributed by atoms with Crippen molar-refractivity contribution in [2.75, 3.05) is 6.61 Å². The van der Waals surface area contributed by atoms with Gasteiger partial charge in [-0.1, -0.05) is 30.3 Å². The highest BCUT2D eigenvalue weighted by atomic mass is 16.5. The van der Waals surface area contributed by atoms with E-state index in [2.05, 4.69) is 17.4 Å². The highest BCUT2D eigenvalue weighted by molar-refractivity contribution is 5.78. The van der Waals surface area contributed by atoms with Crippen LogP contribution in [-0.4, -0.2) is 18.6 Å². The monoisotopic (exact) mass is 247 g/mol. The molecule has 1 fully saturated rings. The van der Waals surface area contributed by atoms with Crippen LogP contribution in [0.4, 0.5) is 0 Å². The molecule has 0 radical (unpaired) electrons. The van der Waals surface area contributed by atoms with Gasteiger partial charge in [0.15, 0.2) is 0 Å². The number of ether oxygens (including phenoxy) is 1. The Labute approximate surface area is 109 Å². The van der Waals surface area contributed by atoms with Crippen molar-refractivity contribution in [3.05, 3.63) is 35.9 Å². The van der Waals surface area contributed by atoms with Crippen molar-refractivity contribution in [2.45, 2.75) is 44.8 Å². The normalized spacial score (nSPS) is 17.3. The minimum atomic E-state index is -0.154. The van der Waals surface area contributed by atoms with Crippen molar-refractivity contribution in [2.24, 2.45) is 0 Å². The molecule has 18 heavy (non-hydrogen) atoms. The van der Waals surface area contributed by atoms with Crippen molar-refractivity contribution < 1.29 is 9.53 Å². The SMILES string of the molecule is CC(C)OCC(=O)NC1(c2ccccc2)CCC1. The second-order valence-corrected chi connectivity index (χ2v) is 5.21. The summed E-state index contributed by atoms with van der Waals surface area (Å²) < 4.78 is 5.34. The van der Waals surface area contributed by atoms with Crippen LogP contribution < -0.4 is 5.32 Å². The Morgan fingerprint density at radius 1 is 1.33 bits per heavy atom. The van der Waals surface area contributed by atoms with Crippen LogP contribution in [-0.2, 0) is 15.1 Å². The van der Waals surface area contributed by atoms with Crippen molar-refractivity contribution in [1.29, 1.82) is 0 Å². The molecule has 1 aliphatic rings. The molecule has 0 saturated heterocycles. The molecule has 0 heterocycles. The first-order valence-corrected chi connectivity index (χ1v) is 6.60. The number of carbonyl (C=O) groups is 1. The highest BCUT2D eigenvalue weighted by Gasteiger charge is 2.39. The zero-order valence-corrected chi connectivity index (χ0v) is 11.1. The summed E-state index contributed by atoms with van der Waals surface area (Å²) in [6.07, 6.45) is 3.29. The number of amides is 1. The Hall–Kier alpha value is -1.35. The van der Waals surface area contributed by atoms with Crippen LogP contribution in [0.15, 0.2) is 30.3 Å². The first-order chi connectivity index (χ1) is 8.62. The lowest BCUT2D eigenvalue weighted by atomic mass is 9.72. The Bertz CT molecular complexity index is 396. The number of hydrogen-bond acceptors (Lipinski definition) is 2. The van der Waals surface area contributed by atoms with Gasteiger partial charge in [-0.2, -0.15) is 0 Å². The smallest absolute Gasteiger partial charge is 0.246 e. The van der Waals surface area contributed by atoms with Gasteiger partial charge in [-0.05, 0) is 38.7 Å². The Morgan fingerprint density at radius 2 is 2.00 bits per heavy atom.